The van der Waals surface area contributed by atoms with E-state index in [0.29, 0.717) is 11.6 Å². The summed E-state index contributed by atoms with van der Waals surface area (Å²) in [5.74, 6) is 1.29. The van der Waals surface area contributed by atoms with Gasteiger partial charge in [-0.2, -0.15) is 4.98 Å². The van der Waals surface area contributed by atoms with Crippen LogP contribution >= 0.6 is 0 Å². The number of rotatable bonds is 5. The quantitative estimate of drug-likeness (QED) is 0.826. The molecule has 0 atom stereocenters. The summed E-state index contributed by atoms with van der Waals surface area (Å²) in [7, 11) is 0. The molecule has 0 aliphatic carbocycles. The summed E-state index contributed by atoms with van der Waals surface area (Å²) in [6, 6.07) is 3.69. The molecule has 1 rings (SSSR count). The van der Waals surface area contributed by atoms with Crippen molar-refractivity contribution in [1.82, 2.24) is 4.98 Å². The molecule has 0 aliphatic heterocycles. The molecule has 1 heterocycles. The van der Waals surface area contributed by atoms with Gasteiger partial charge >= 0.3 is 0 Å². The van der Waals surface area contributed by atoms with Gasteiger partial charge in [0.25, 0.3) is 0 Å². The Hall–Kier alpha value is -1.45. The van der Waals surface area contributed by atoms with Crippen molar-refractivity contribution >= 4 is 11.5 Å². The van der Waals surface area contributed by atoms with Gasteiger partial charge in [-0.1, -0.05) is 6.92 Å². The van der Waals surface area contributed by atoms with E-state index in [1.807, 2.05) is 26.0 Å². The van der Waals surface area contributed by atoms with Crippen LogP contribution in [0.1, 0.15) is 41.0 Å². The Morgan fingerprint density at radius 1 is 1.41 bits per heavy atom. The predicted octanol–water partition coefficient (Wildman–Crippen LogP) is 3.05. The summed E-state index contributed by atoms with van der Waals surface area (Å²) in [5, 5.41) is 3.36. The monoisotopic (exact) mass is 237 g/mol. The van der Waals surface area contributed by atoms with Crippen molar-refractivity contribution in [3.8, 4) is 5.88 Å². The van der Waals surface area contributed by atoms with Crippen molar-refractivity contribution in [2.24, 2.45) is 0 Å². The summed E-state index contributed by atoms with van der Waals surface area (Å²) >= 11 is 0. The molecule has 3 N–H and O–H groups in total. The van der Waals surface area contributed by atoms with E-state index < -0.39 is 0 Å². The number of nitrogens with two attached hydrogens (primary N) is 1. The van der Waals surface area contributed by atoms with E-state index in [-0.39, 0.29) is 11.6 Å². The SMILES string of the molecule is CCC(C)(C)Nc1ccc(N)c(OC(C)C)n1. The number of nitrogens with zero attached hydrogens (tertiary/aromatic N) is 1. The second kappa shape index (κ2) is 5.25. The lowest BCUT2D eigenvalue weighted by Gasteiger charge is -2.25. The van der Waals surface area contributed by atoms with Gasteiger partial charge in [-0.15, -0.1) is 0 Å². The Morgan fingerprint density at radius 2 is 2.06 bits per heavy atom. The van der Waals surface area contributed by atoms with Gasteiger partial charge in [0.1, 0.15) is 5.82 Å². The minimum absolute atomic E-state index is 0.0121. The summed E-state index contributed by atoms with van der Waals surface area (Å²) < 4.78 is 5.56. The van der Waals surface area contributed by atoms with Crippen LogP contribution in [0.15, 0.2) is 12.1 Å². The minimum Gasteiger partial charge on any atom is -0.473 e. The van der Waals surface area contributed by atoms with Crippen LogP contribution in [0.25, 0.3) is 0 Å². The first-order chi connectivity index (χ1) is 7.84. The summed E-state index contributed by atoms with van der Waals surface area (Å²) in [6.07, 6.45) is 1.08. The third kappa shape index (κ3) is 4.13. The fourth-order valence-corrected chi connectivity index (χ4v) is 1.27. The molecule has 1 aromatic heterocycles. The average Bonchev–Trinajstić information content (AvgIpc) is 2.22. The number of nitrogens with one attached hydrogen (secondary N) is 1. The molecular formula is C13H23N3O. The lowest BCUT2D eigenvalue weighted by Crippen LogP contribution is -2.30. The van der Waals surface area contributed by atoms with Gasteiger partial charge < -0.3 is 15.8 Å². The van der Waals surface area contributed by atoms with Crippen molar-refractivity contribution < 1.29 is 4.74 Å². The second-order valence-electron chi connectivity index (χ2n) is 5.12. The van der Waals surface area contributed by atoms with Gasteiger partial charge in [0.05, 0.1) is 11.8 Å². The van der Waals surface area contributed by atoms with Crippen LogP contribution in [0.5, 0.6) is 5.88 Å². The van der Waals surface area contributed by atoms with Crippen molar-refractivity contribution in [3.63, 3.8) is 0 Å². The van der Waals surface area contributed by atoms with Gasteiger partial charge in [0, 0.05) is 5.54 Å². The lowest BCUT2D eigenvalue weighted by atomic mass is 10.0. The van der Waals surface area contributed by atoms with Crippen LogP contribution in [0, 0.1) is 0 Å². The molecule has 0 saturated heterocycles. The van der Waals surface area contributed by atoms with Gasteiger partial charge in [0.15, 0.2) is 0 Å². The van der Waals surface area contributed by atoms with Gasteiger partial charge in [-0.05, 0) is 46.2 Å². The number of anilines is 2. The van der Waals surface area contributed by atoms with Crippen molar-refractivity contribution in [1.29, 1.82) is 0 Å². The topological polar surface area (TPSA) is 60.2 Å². The maximum Gasteiger partial charge on any atom is 0.239 e. The molecule has 0 amide bonds. The number of pyridine rings is 1. The molecule has 0 saturated carbocycles. The molecule has 0 aromatic carbocycles. The molecular weight excluding hydrogens is 214 g/mol. The highest BCUT2D eigenvalue weighted by Gasteiger charge is 2.16. The molecule has 0 radical (unpaired) electrons. The third-order valence-electron chi connectivity index (χ3n) is 2.59. The number of aromatic nitrogens is 1. The molecule has 0 unspecified atom stereocenters. The van der Waals surface area contributed by atoms with Crippen LogP contribution in [0.4, 0.5) is 11.5 Å². The standard InChI is InChI=1S/C13H23N3O/c1-6-13(4,5)16-11-8-7-10(14)12(15-11)17-9(2)3/h7-9H,6,14H2,1-5H3,(H,15,16). The maximum atomic E-state index is 5.82. The van der Waals surface area contributed by atoms with Crippen LogP contribution in [-0.2, 0) is 0 Å². The third-order valence-corrected chi connectivity index (χ3v) is 2.59. The largest absolute Gasteiger partial charge is 0.473 e. The Labute approximate surface area is 104 Å². The molecule has 0 aliphatic rings. The van der Waals surface area contributed by atoms with E-state index in [1.54, 1.807) is 0 Å². The zero-order chi connectivity index (χ0) is 13.1. The van der Waals surface area contributed by atoms with E-state index >= 15 is 0 Å². The van der Waals surface area contributed by atoms with Crippen LogP contribution in [0.2, 0.25) is 0 Å². The Balaban J connectivity index is 2.88. The van der Waals surface area contributed by atoms with E-state index in [1.165, 1.54) is 0 Å². The van der Waals surface area contributed by atoms with Gasteiger partial charge in [-0.3, -0.25) is 0 Å². The van der Waals surface area contributed by atoms with E-state index in [2.05, 4.69) is 31.1 Å². The van der Waals surface area contributed by atoms with Crippen molar-refractivity contribution in [2.45, 2.75) is 52.7 Å². The molecule has 0 spiro atoms. The number of ether oxygens (including phenoxy) is 1. The summed E-state index contributed by atoms with van der Waals surface area (Å²) in [5.41, 5.74) is 6.40. The smallest absolute Gasteiger partial charge is 0.239 e. The molecule has 96 valence electrons. The minimum atomic E-state index is 0.0121. The molecule has 0 bridgehead atoms. The summed E-state index contributed by atoms with van der Waals surface area (Å²) in [4.78, 5) is 4.39. The highest BCUT2D eigenvalue weighted by Crippen LogP contribution is 2.24. The zero-order valence-electron chi connectivity index (χ0n) is 11.4. The van der Waals surface area contributed by atoms with E-state index in [9.17, 15) is 0 Å². The first-order valence-corrected chi connectivity index (χ1v) is 6.05. The fraction of sp³-hybridized carbons (Fsp3) is 0.615. The lowest BCUT2D eigenvalue weighted by molar-refractivity contribution is 0.234. The summed E-state index contributed by atoms with van der Waals surface area (Å²) in [6.45, 7) is 10.3. The highest BCUT2D eigenvalue weighted by molar-refractivity contribution is 5.54. The second-order valence-corrected chi connectivity index (χ2v) is 5.12. The normalized spacial score (nSPS) is 11.6. The highest BCUT2D eigenvalue weighted by atomic mass is 16.5. The molecule has 4 nitrogen and oxygen atoms in total. The fourth-order valence-electron chi connectivity index (χ4n) is 1.27. The Kier molecular flexibility index (Phi) is 4.21. The van der Waals surface area contributed by atoms with Gasteiger partial charge in [-0.25, -0.2) is 0 Å². The first-order valence-electron chi connectivity index (χ1n) is 6.05. The predicted molar refractivity (Wildman–Crippen MR) is 72.4 cm³/mol. The van der Waals surface area contributed by atoms with Crippen LogP contribution in [0.3, 0.4) is 0 Å². The van der Waals surface area contributed by atoms with Crippen molar-refractivity contribution in [2.75, 3.05) is 11.1 Å². The Bertz CT molecular complexity index is 375. The number of nitrogen functional groups attached to an aromatic ring is 1. The van der Waals surface area contributed by atoms with E-state index in [0.717, 1.165) is 12.2 Å². The molecule has 17 heavy (non-hydrogen) atoms. The number of hydrogen-bond acceptors (Lipinski definition) is 4. The molecule has 1 aromatic rings. The van der Waals surface area contributed by atoms with Crippen molar-refractivity contribution in [3.05, 3.63) is 12.1 Å². The average molecular weight is 237 g/mol. The van der Waals surface area contributed by atoms with Crippen LogP contribution < -0.4 is 15.8 Å². The first kappa shape index (κ1) is 13.6. The van der Waals surface area contributed by atoms with Crippen LogP contribution in [-0.4, -0.2) is 16.6 Å². The zero-order valence-corrected chi connectivity index (χ0v) is 11.4. The Morgan fingerprint density at radius 3 is 2.59 bits per heavy atom. The van der Waals surface area contributed by atoms with Gasteiger partial charge in [0.2, 0.25) is 5.88 Å². The molecule has 4 heteroatoms. The number of hydrogen-bond donors (Lipinski definition) is 2. The molecule has 0 fully saturated rings. The maximum absolute atomic E-state index is 5.82. The van der Waals surface area contributed by atoms with E-state index in [4.69, 9.17) is 10.5 Å².